The summed E-state index contributed by atoms with van der Waals surface area (Å²) >= 11 is 0. The van der Waals surface area contributed by atoms with Crippen LogP contribution in [0.25, 0.3) is 0 Å². The fraction of sp³-hybridized carbons (Fsp3) is 0.923. The van der Waals surface area contributed by atoms with Gasteiger partial charge in [-0.25, -0.2) is 0 Å². The van der Waals surface area contributed by atoms with Crippen molar-refractivity contribution in [2.24, 2.45) is 0 Å². The number of Topliss-reactive ketones (excluding diaryl/α,β-unsaturated/α-hetero) is 1. The van der Waals surface area contributed by atoms with Gasteiger partial charge in [0.1, 0.15) is 6.10 Å². The van der Waals surface area contributed by atoms with Crippen molar-refractivity contribution in [3.8, 4) is 0 Å². The van der Waals surface area contributed by atoms with E-state index < -0.39 is 21.5 Å². The van der Waals surface area contributed by atoms with Gasteiger partial charge in [-0.05, 0) is 37.8 Å². The molecule has 0 aliphatic heterocycles. The molecule has 0 unspecified atom stereocenters. The smallest absolute Gasteiger partial charge is 0.373 e. The van der Waals surface area contributed by atoms with Crippen LogP contribution in [-0.4, -0.2) is 38.3 Å². The molecule has 6 heteroatoms. The predicted octanol–water partition coefficient (Wildman–Crippen LogP) is 2.20. The Morgan fingerprint density at radius 1 is 1.42 bits per heavy atom. The first-order valence-electron chi connectivity index (χ1n) is 7.19. The molecule has 2 atom stereocenters. The predicted molar refractivity (Wildman–Crippen MR) is 81.7 cm³/mol. The summed E-state index contributed by atoms with van der Waals surface area (Å²) in [6, 6.07) is -0.0598. The highest BCUT2D eigenvalue weighted by Crippen LogP contribution is 2.38. The van der Waals surface area contributed by atoms with E-state index in [0.717, 1.165) is 12.8 Å². The second kappa shape index (κ2) is 6.08. The lowest BCUT2D eigenvalue weighted by Gasteiger charge is -2.42. The molecule has 1 rings (SSSR count). The van der Waals surface area contributed by atoms with Crippen LogP contribution in [0.2, 0.25) is 25.0 Å². The van der Waals surface area contributed by atoms with Crippen molar-refractivity contribution in [1.82, 2.24) is 5.23 Å². The number of carbonyl (C=O) groups is 1. The van der Waals surface area contributed by atoms with Gasteiger partial charge in [0.2, 0.25) is 0 Å². The van der Waals surface area contributed by atoms with Crippen LogP contribution in [0.4, 0.5) is 0 Å². The van der Waals surface area contributed by atoms with Gasteiger partial charge < -0.3 is 14.7 Å². The Kier molecular flexibility index (Phi) is 5.40. The van der Waals surface area contributed by atoms with Crippen molar-refractivity contribution >= 4 is 21.2 Å². The number of carbonyl (C=O) groups excluding carboxylic acids is 1. The summed E-state index contributed by atoms with van der Waals surface area (Å²) < 4.78 is 6.28. The van der Waals surface area contributed by atoms with Gasteiger partial charge in [-0.1, -0.05) is 20.8 Å². The maximum Gasteiger partial charge on any atom is 0.373 e. The highest BCUT2D eigenvalue weighted by molar-refractivity contribution is 6.74. The zero-order valence-corrected chi connectivity index (χ0v) is 14.1. The van der Waals surface area contributed by atoms with Gasteiger partial charge in [-0.2, -0.15) is 0 Å². The molecule has 4 nitrogen and oxygen atoms in total. The van der Waals surface area contributed by atoms with Gasteiger partial charge in [0.25, 0.3) is 0 Å². The molecule has 1 aliphatic rings. The van der Waals surface area contributed by atoms with Gasteiger partial charge in [-0.15, -0.1) is 0 Å². The van der Waals surface area contributed by atoms with E-state index in [2.05, 4.69) is 39.1 Å². The molecular formula is C13H28BNO3Si. The molecule has 1 fully saturated rings. The maximum atomic E-state index is 12.2. The van der Waals surface area contributed by atoms with Gasteiger partial charge in [-0.3, -0.25) is 4.79 Å². The molecule has 0 aromatic heterocycles. The third kappa shape index (κ3) is 4.41. The third-order valence-corrected chi connectivity index (χ3v) is 8.76. The Morgan fingerprint density at radius 2 is 2.00 bits per heavy atom. The summed E-state index contributed by atoms with van der Waals surface area (Å²) in [4.78, 5) is 12.2. The average Bonchev–Trinajstić information content (AvgIpc) is 2.20. The van der Waals surface area contributed by atoms with Crippen molar-refractivity contribution in [3.63, 3.8) is 0 Å². The van der Waals surface area contributed by atoms with E-state index in [1.807, 2.05) is 0 Å². The maximum absolute atomic E-state index is 12.2. The minimum absolute atomic E-state index is 0.0598. The van der Waals surface area contributed by atoms with Crippen molar-refractivity contribution in [2.75, 3.05) is 0 Å². The van der Waals surface area contributed by atoms with Crippen molar-refractivity contribution < 1.29 is 14.2 Å². The summed E-state index contributed by atoms with van der Waals surface area (Å²) in [7, 11) is -2.58. The molecule has 1 aliphatic carbocycles. The van der Waals surface area contributed by atoms with E-state index in [4.69, 9.17) is 4.43 Å². The van der Waals surface area contributed by atoms with E-state index in [9.17, 15) is 9.82 Å². The lowest BCUT2D eigenvalue weighted by Crippen LogP contribution is -2.57. The van der Waals surface area contributed by atoms with Gasteiger partial charge >= 0.3 is 7.05 Å². The fourth-order valence-corrected chi connectivity index (χ4v) is 3.42. The minimum atomic E-state index is -1.97. The SMILES string of the molecule is CB(O)N[C@H]1CCCC(=O)[C@@H]1O[Si](C)(C)C(C)(C)C. The topological polar surface area (TPSA) is 58.6 Å². The number of hydrogen-bond donors (Lipinski definition) is 2. The molecule has 1 saturated carbocycles. The zero-order valence-electron chi connectivity index (χ0n) is 13.1. The van der Waals surface area contributed by atoms with Crippen LogP contribution < -0.4 is 5.23 Å². The Balaban J connectivity index is 2.83. The number of nitrogens with one attached hydrogen (secondary N) is 1. The quantitative estimate of drug-likeness (QED) is 0.777. The summed E-state index contributed by atoms with van der Waals surface area (Å²) in [6.07, 6.45) is 1.96. The van der Waals surface area contributed by atoms with Crippen LogP contribution in [0, 0.1) is 0 Å². The standard InChI is InChI=1S/C13H28BNO3Si/c1-13(2,3)19(5,6)18-12-10(15-14(4)17)8-7-9-11(12)16/h10,12,15,17H,7-9H2,1-6H3/t10-,12+/m0/s1. The second-order valence-electron chi connectivity index (χ2n) is 7.11. The summed E-state index contributed by atoms with van der Waals surface area (Å²) in [5, 5.41) is 12.7. The molecule has 0 aromatic rings. The lowest BCUT2D eigenvalue weighted by atomic mass is 9.82. The molecule has 0 saturated heterocycles. The lowest BCUT2D eigenvalue weighted by molar-refractivity contribution is -0.129. The molecule has 2 N–H and O–H groups in total. The number of hydrogen-bond acceptors (Lipinski definition) is 4. The highest BCUT2D eigenvalue weighted by atomic mass is 28.4. The average molecular weight is 285 g/mol. The van der Waals surface area contributed by atoms with Crippen LogP contribution in [0.3, 0.4) is 0 Å². The van der Waals surface area contributed by atoms with Crippen LogP contribution in [-0.2, 0) is 9.22 Å². The molecule has 110 valence electrons. The first kappa shape index (κ1) is 16.9. The summed E-state index contributed by atoms with van der Waals surface area (Å²) in [5.74, 6) is 0.175. The third-order valence-electron chi connectivity index (χ3n) is 4.30. The van der Waals surface area contributed by atoms with Crippen LogP contribution in [0.5, 0.6) is 0 Å². The monoisotopic (exact) mass is 285 g/mol. The van der Waals surface area contributed by atoms with Gasteiger partial charge in [0.05, 0.1) is 0 Å². The van der Waals surface area contributed by atoms with Gasteiger partial charge in [0.15, 0.2) is 14.1 Å². The summed E-state index contributed by atoms with van der Waals surface area (Å²) in [5.41, 5.74) is 0. The van der Waals surface area contributed by atoms with E-state index in [1.165, 1.54) is 0 Å². The van der Waals surface area contributed by atoms with Gasteiger partial charge in [0, 0.05) is 12.5 Å². The molecule has 0 amide bonds. The first-order valence-corrected chi connectivity index (χ1v) is 10.1. The molecule has 0 aromatic carbocycles. The molecule has 0 spiro atoms. The minimum Gasteiger partial charge on any atom is -0.437 e. The largest absolute Gasteiger partial charge is 0.437 e. The molecule has 0 heterocycles. The Bertz CT molecular complexity index is 328. The molecule has 0 radical (unpaired) electrons. The molecule has 0 bridgehead atoms. The summed E-state index contributed by atoms with van der Waals surface area (Å²) in [6.45, 7) is 12.5. The Morgan fingerprint density at radius 3 is 2.47 bits per heavy atom. The normalized spacial score (nSPS) is 25.5. The fourth-order valence-electron chi connectivity index (χ4n) is 2.14. The first-order chi connectivity index (χ1) is 8.54. The van der Waals surface area contributed by atoms with Crippen LogP contribution in [0.1, 0.15) is 40.0 Å². The van der Waals surface area contributed by atoms with Crippen molar-refractivity contribution in [2.45, 2.75) is 77.1 Å². The highest BCUT2D eigenvalue weighted by Gasteiger charge is 2.43. The Labute approximate surface area is 118 Å². The van der Waals surface area contributed by atoms with Crippen LogP contribution in [0.15, 0.2) is 0 Å². The second-order valence-corrected chi connectivity index (χ2v) is 11.9. The van der Waals surface area contributed by atoms with Crippen molar-refractivity contribution in [3.05, 3.63) is 0 Å². The number of ketones is 1. The van der Waals surface area contributed by atoms with E-state index in [0.29, 0.717) is 6.42 Å². The molecule has 19 heavy (non-hydrogen) atoms. The zero-order chi connectivity index (χ0) is 14.8. The van der Waals surface area contributed by atoms with Crippen LogP contribution >= 0.6 is 0 Å². The molecular weight excluding hydrogens is 257 g/mol. The van der Waals surface area contributed by atoms with E-state index in [-0.39, 0.29) is 16.9 Å². The Hall–Kier alpha value is -0.168. The van der Waals surface area contributed by atoms with E-state index >= 15 is 0 Å². The van der Waals surface area contributed by atoms with Crippen molar-refractivity contribution in [1.29, 1.82) is 0 Å². The number of rotatable bonds is 4. The van der Waals surface area contributed by atoms with E-state index in [1.54, 1.807) is 6.82 Å².